The number of carbonyl (C=O) groups excluding carboxylic acids is 1. The Kier molecular flexibility index (Phi) is 4.63. The molecule has 0 saturated carbocycles. The van der Waals surface area contributed by atoms with Gasteiger partial charge in [-0.25, -0.2) is 0 Å². The first-order chi connectivity index (χ1) is 12.0. The number of phenols is 1. The number of hydrogen-bond donors (Lipinski definition) is 3. The van der Waals surface area contributed by atoms with Crippen molar-refractivity contribution in [3.05, 3.63) is 58.7 Å². The molecule has 25 heavy (non-hydrogen) atoms. The first kappa shape index (κ1) is 16.9. The molecule has 1 heterocycles. The number of benzene rings is 2. The van der Waals surface area contributed by atoms with Gasteiger partial charge in [0.25, 0.3) is 5.91 Å². The molecule has 3 aromatic rings. The molecule has 0 fully saturated rings. The van der Waals surface area contributed by atoms with Crippen molar-refractivity contribution < 1.29 is 14.6 Å². The van der Waals surface area contributed by atoms with Gasteiger partial charge in [-0.2, -0.15) is 5.10 Å². The summed E-state index contributed by atoms with van der Waals surface area (Å²) >= 11 is 6.10. The third-order valence-electron chi connectivity index (χ3n) is 3.73. The highest BCUT2D eigenvalue weighted by Crippen LogP contribution is 2.33. The van der Waals surface area contributed by atoms with Gasteiger partial charge in [0.1, 0.15) is 17.2 Å². The molecular formula is C18H16ClN3O3. The minimum absolute atomic E-state index is 0.0464. The van der Waals surface area contributed by atoms with Crippen LogP contribution in [0.1, 0.15) is 16.1 Å². The highest BCUT2D eigenvalue weighted by atomic mass is 35.5. The molecular weight excluding hydrogens is 342 g/mol. The highest BCUT2D eigenvalue weighted by molar-refractivity contribution is 6.31. The van der Waals surface area contributed by atoms with Crippen molar-refractivity contribution in [3.8, 4) is 22.8 Å². The van der Waals surface area contributed by atoms with Gasteiger partial charge in [0, 0.05) is 10.6 Å². The normalized spacial score (nSPS) is 10.5. The zero-order valence-corrected chi connectivity index (χ0v) is 14.4. The molecule has 0 saturated heterocycles. The number of aromatic hydroxyl groups is 1. The number of methoxy groups -OCH3 is 1. The van der Waals surface area contributed by atoms with Gasteiger partial charge >= 0.3 is 0 Å². The summed E-state index contributed by atoms with van der Waals surface area (Å²) in [6.07, 6.45) is 0. The lowest BCUT2D eigenvalue weighted by atomic mass is 10.1. The predicted molar refractivity (Wildman–Crippen MR) is 96.4 cm³/mol. The number of phenolic OH excluding ortho intramolecular Hbond substituents is 1. The number of para-hydroxylation sites is 2. The van der Waals surface area contributed by atoms with Crippen LogP contribution in [-0.4, -0.2) is 28.3 Å². The van der Waals surface area contributed by atoms with Crippen LogP contribution in [0, 0.1) is 6.92 Å². The van der Waals surface area contributed by atoms with Crippen LogP contribution in [0.4, 0.5) is 5.69 Å². The van der Waals surface area contributed by atoms with E-state index < -0.39 is 0 Å². The van der Waals surface area contributed by atoms with Crippen LogP contribution >= 0.6 is 11.6 Å². The number of amides is 1. The number of aromatic nitrogens is 2. The number of aromatic amines is 1. The van der Waals surface area contributed by atoms with Crippen molar-refractivity contribution in [2.75, 3.05) is 12.4 Å². The zero-order chi connectivity index (χ0) is 18.0. The number of ether oxygens (including phenoxy) is 1. The standard InChI is InChI=1S/C18H16ClN3O3/c1-10-7-16(23)11(8-12(10)19)14-9-15(22-21-14)18(24)20-13-5-3-4-6-17(13)25-2/h3-9,23H,1-2H3,(H,20,24)(H,21,22). The first-order valence-electron chi connectivity index (χ1n) is 7.49. The molecule has 0 aliphatic rings. The Bertz CT molecular complexity index is 937. The van der Waals surface area contributed by atoms with Gasteiger partial charge < -0.3 is 15.2 Å². The zero-order valence-electron chi connectivity index (χ0n) is 13.6. The van der Waals surface area contributed by atoms with Gasteiger partial charge in [0.15, 0.2) is 0 Å². The molecule has 7 heteroatoms. The Labute approximate surface area is 149 Å². The average molecular weight is 358 g/mol. The van der Waals surface area contributed by atoms with E-state index in [2.05, 4.69) is 15.5 Å². The van der Waals surface area contributed by atoms with Crippen LogP contribution in [0.25, 0.3) is 11.3 Å². The van der Waals surface area contributed by atoms with E-state index in [0.29, 0.717) is 27.7 Å². The fourth-order valence-corrected chi connectivity index (χ4v) is 2.55. The number of rotatable bonds is 4. The van der Waals surface area contributed by atoms with Gasteiger partial charge in [-0.15, -0.1) is 0 Å². The van der Waals surface area contributed by atoms with E-state index in [-0.39, 0.29) is 17.4 Å². The van der Waals surface area contributed by atoms with Gasteiger partial charge in [-0.05, 0) is 42.8 Å². The molecule has 0 aliphatic carbocycles. The molecule has 0 radical (unpaired) electrons. The second kappa shape index (κ2) is 6.86. The molecule has 0 atom stereocenters. The number of halogens is 1. The van der Waals surface area contributed by atoms with Gasteiger partial charge in [-0.3, -0.25) is 9.89 Å². The van der Waals surface area contributed by atoms with E-state index in [4.69, 9.17) is 16.3 Å². The maximum Gasteiger partial charge on any atom is 0.273 e. The van der Waals surface area contributed by atoms with Crippen molar-refractivity contribution >= 4 is 23.2 Å². The van der Waals surface area contributed by atoms with E-state index >= 15 is 0 Å². The molecule has 3 N–H and O–H groups in total. The van der Waals surface area contributed by atoms with Crippen molar-refractivity contribution in [2.24, 2.45) is 0 Å². The molecule has 0 bridgehead atoms. The van der Waals surface area contributed by atoms with Crippen LogP contribution in [0.3, 0.4) is 0 Å². The van der Waals surface area contributed by atoms with E-state index in [1.807, 2.05) is 6.07 Å². The summed E-state index contributed by atoms with van der Waals surface area (Å²) in [5.41, 5.74) is 2.42. The van der Waals surface area contributed by atoms with Crippen LogP contribution < -0.4 is 10.1 Å². The number of anilines is 1. The van der Waals surface area contributed by atoms with Crippen LogP contribution in [0.2, 0.25) is 5.02 Å². The molecule has 3 rings (SSSR count). The number of aryl methyl sites for hydroxylation is 1. The summed E-state index contributed by atoms with van der Waals surface area (Å²) in [5, 5.41) is 20.1. The highest BCUT2D eigenvalue weighted by Gasteiger charge is 2.16. The number of hydrogen-bond acceptors (Lipinski definition) is 4. The molecule has 1 amide bonds. The maximum absolute atomic E-state index is 12.4. The van der Waals surface area contributed by atoms with E-state index in [1.54, 1.807) is 43.3 Å². The van der Waals surface area contributed by atoms with Crippen molar-refractivity contribution in [2.45, 2.75) is 6.92 Å². The number of nitrogens with one attached hydrogen (secondary N) is 2. The lowest BCUT2D eigenvalue weighted by molar-refractivity contribution is 0.102. The first-order valence-corrected chi connectivity index (χ1v) is 7.86. The molecule has 128 valence electrons. The summed E-state index contributed by atoms with van der Waals surface area (Å²) in [4.78, 5) is 12.4. The Hall–Kier alpha value is -2.99. The maximum atomic E-state index is 12.4. The van der Waals surface area contributed by atoms with E-state index in [9.17, 15) is 9.90 Å². The number of H-pyrrole nitrogens is 1. The Morgan fingerprint density at radius 3 is 2.80 bits per heavy atom. The summed E-state index contributed by atoms with van der Waals surface area (Å²) in [6.45, 7) is 1.79. The van der Waals surface area contributed by atoms with E-state index in [1.165, 1.54) is 7.11 Å². The summed E-state index contributed by atoms with van der Waals surface area (Å²) in [5.74, 6) is 0.226. The third kappa shape index (κ3) is 3.44. The molecule has 1 aromatic heterocycles. The molecule has 0 spiro atoms. The fraction of sp³-hybridized carbons (Fsp3) is 0.111. The Balaban J connectivity index is 1.86. The van der Waals surface area contributed by atoms with Crippen molar-refractivity contribution in [1.82, 2.24) is 10.2 Å². The second-order valence-electron chi connectivity index (χ2n) is 5.44. The average Bonchev–Trinajstić information content (AvgIpc) is 3.08. The summed E-state index contributed by atoms with van der Waals surface area (Å²) < 4.78 is 5.21. The van der Waals surface area contributed by atoms with Crippen LogP contribution in [0.5, 0.6) is 11.5 Å². The number of carbonyl (C=O) groups is 1. The number of nitrogens with zero attached hydrogens (tertiary/aromatic N) is 1. The summed E-state index contributed by atoms with van der Waals surface area (Å²) in [7, 11) is 1.53. The largest absolute Gasteiger partial charge is 0.507 e. The SMILES string of the molecule is COc1ccccc1NC(=O)c1cc(-c2cc(Cl)c(C)cc2O)n[nH]1. The monoisotopic (exact) mass is 357 g/mol. The quantitative estimate of drug-likeness (QED) is 0.658. The van der Waals surface area contributed by atoms with Crippen LogP contribution in [0.15, 0.2) is 42.5 Å². The minimum atomic E-state index is -0.374. The Morgan fingerprint density at radius 1 is 1.28 bits per heavy atom. The molecule has 0 aliphatic heterocycles. The second-order valence-corrected chi connectivity index (χ2v) is 5.85. The van der Waals surface area contributed by atoms with Crippen LogP contribution in [-0.2, 0) is 0 Å². The van der Waals surface area contributed by atoms with Crippen molar-refractivity contribution in [1.29, 1.82) is 0 Å². The van der Waals surface area contributed by atoms with Gasteiger partial charge in [0.05, 0.1) is 18.5 Å². The molecule has 0 unspecified atom stereocenters. The van der Waals surface area contributed by atoms with Crippen molar-refractivity contribution in [3.63, 3.8) is 0 Å². The fourth-order valence-electron chi connectivity index (χ4n) is 2.39. The predicted octanol–water partition coefficient (Wildman–Crippen LogP) is 4.01. The lowest BCUT2D eigenvalue weighted by Crippen LogP contribution is -2.13. The molecule has 6 nitrogen and oxygen atoms in total. The summed E-state index contributed by atoms with van der Waals surface area (Å²) in [6, 6.07) is 11.8. The molecule has 2 aromatic carbocycles. The smallest absolute Gasteiger partial charge is 0.273 e. The van der Waals surface area contributed by atoms with Gasteiger partial charge in [-0.1, -0.05) is 23.7 Å². The Morgan fingerprint density at radius 2 is 2.04 bits per heavy atom. The topological polar surface area (TPSA) is 87.2 Å². The van der Waals surface area contributed by atoms with Gasteiger partial charge in [0.2, 0.25) is 0 Å². The van der Waals surface area contributed by atoms with E-state index in [0.717, 1.165) is 5.56 Å². The lowest BCUT2D eigenvalue weighted by Gasteiger charge is -2.08. The third-order valence-corrected chi connectivity index (χ3v) is 4.14. The minimum Gasteiger partial charge on any atom is -0.507 e.